The lowest BCUT2D eigenvalue weighted by Gasteiger charge is -2.21. The van der Waals surface area contributed by atoms with Gasteiger partial charge in [-0.25, -0.2) is 0 Å². The van der Waals surface area contributed by atoms with E-state index in [4.69, 9.17) is 12.2 Å². The number of nitrogens with zero attached hydrogens (tertiary/aromatic N) is 3. The molecule has 4 nitrogen and oxygen atoms in total. The van der Waals surface area contributed by atoms with E-state index in [1.54, 1.807) is 0 Å². The summed E-state index contributed by atoms with van der Waals surface area (Å²) in [5.41, 5.74) is 2.39. The number of thiocarbonyl (C=S) groups is 1. The third-order valence-corrected chi connectivity index (χ3v) is 3.59. The van der Waals surface area contributed by atoms with E-state index in [1.807, 2.05) is 47.1 Å². The summed E-state index contributed by atoms with van der Waals surface area (Å²) in [5.74, 6) is 0. The fourth-order valence-electron chi connectivity index (χ4n) is 2.00. The van der Waals surface area contributed by atoms with Crippen molar-refractivity contribution in [1.82, 2.24) is 20.0 Å². The molecular formula is C15H20N4S. The molecule has 0 saturated carbocycles. The first-order valence-corrected chi connectivity index (χ1v) is 7.15. The third kappa shape index (κ3) is 3.81. The number of aromatic nitrogens is 2. The number of rotatable bonds is 5. The maximum atomic E-state index is 5.41. The Labute approximate surface area is 125 Å². The second-order valence-corrected chi connectivity index (χ2v) is 5.03. The highest BCUT2D eigenvalue weighted by Crippen LogP contribution is 2.04. The summed E-state index contributed by atoms with van der Waals surface area (Å²) in [7, 11) is 1.99. The minimum atomic E-state index is 0.747. The predicted octanol–water partition coefficient (Wildman–Crippen LogP) is 2.41. The van der Waals surface area contributed by atoms with Gasteiger partial charge in [-0.15, -0.1) is 0 Å². The molecule has 0 amide bonds. The zero-order valence-electron chi connectivity index (χ0n) is 11.9. The molecule has 1 aromatic heterocycles. The molecule has 0 unspecified atom stereocenters. The molecule has 20 heavy (non-hydrogen) atoms. The van der Waals surface area contributed by atoms with Crippen LogP contribution in [0.25, 0.3) is 0 Å². The molecule has 106 valence electrons. The first-order chi connectivity index (χ1) is 9.70. The Balaban J connectivity index is 1.86. The molecule has 0 spiro atoms. The molecule has 0 radical (unpaired) electrons. The van der Waals surface area contributed by atoms with Gasteiger partial charge in [-0.05, 0) is 30.8 Å². The molecule has 0 bridgehead atoms. The van der Waals surface area contributed by atoms with Crippen molar-refractivity contribution in [3.05, 3.63) is 53.9 Å². The van der Waals surface area contributed by atoms with E-state index in [1.165, 1.54) is 11.3 Å². The molecule has 0 atom stereocenters. The van der Waals surface area contributed by atoms with E-state index in [0.29, 0.717) is 0 Å². The highest BCUT2D eigenvalue weighted by Gasteiger charge is 2.08. The maximum Gasteiger partial charge on any atom is 0.169 e. The lowest BCUT2D eigenvalue weighted by atomic mass is 10.2. The molecule has 1 aromatic carbocycles. The summed E-state index contributed by atoms with van der Waals surface area (Å²) >= 11 is 5.41. The monoisotopic (exact) mass is 288 g/mol. The van der Waals surface area contributed by atoms with E-state index in [0.717, 1.165) is 24.7 Å². The number of hydrogen-bond acceptors (Lipinski definition) is 2. The second kappa shape index (κ2) is 7.05. The topological polar surface area (TPSA) is 33.1 Å². The molecular weight excluding hydrogens is 268 g/mol. The summed E-state index contributed by atoms with van der Waals surface area (Å²) in [6.07, 6.45) is 1.83. The van der Waals surface area contributed by atoms with Gasteiger partial charge in [-0.2, -0.15) is 5.10 Å². The Morgan fingerprint density at radius 3 is 2.75 bits per heavy atom. The summed E-state index contributed by atoms with van der Waals surface area (Å²) in [6, 6.07) is 12.3. The molecule has 0 aliphatic carbocycles. The van der Waals surface area contributed by atoms with Crippen LogP contribution in [0.5, 0.6) is 0 Å². The molecule has 2 aromatic rings. The van der Waals surface area contributed by atoms with Crippen LogP contribution in [0.15, 0.2) is 42.6 Å². The smallest absolute Gasteiger partial charge is 0.169 e. The van der Waals surface area contributed by atoms with E-state index in [-0.39, 0.29) is 0 Å². The van der Waals surface area contributed by atoms with Gasteiger partial charge in [0.2, 0.25) is 0 Å². The average molecular weight is 288 g/mol. The molecule has 0 aliphatic heterocycles. The van der Waals surface area contributed by atoms with Crippen LogP contribution in [0.3, 0.4) is 0 Å². The van der Waals surface area contributed by atoms with Crippen LogP contribution < -0.4 is 5.32 Å². The van der Waals surface area contributed by atoms with Crippen molar-refractivity contribution in [2.75, 3.05) is 7.05 Å². The SMILES string of the molecule is CCn1nccc1CN(C)C(=S)NCc1ccccc1. The van der Waals surface area contributed by atoms with Crippen LogP contribution in [0.1, 0.15) is 18.2 Å². The van der Waals surface area contributed by atoms with Gasteiger partial charge in [-0.3, -0.25) is 4.68 Å². The number of hydrogen-bond donors (Lipinski definition) is 1. The van der Waals surface area contributed by atoms with Gasteiger partial charge < -0.3 is 10.2 Å². The zero-order chi connectivity index (χ0) is 14.4. The highest BCUT2D eigenvalue weighted by atomic mass is 32.1. The van der Waals surface area contributed by atoms with Gasteiger partial charge in [0, 0.05) is 26.3 Å². The minimum absolute atomic E-state index is 0.747. The Hall–Kier alpha value is -1.88. The highest BCUT2D eigenvalue weighted by molar-refractivity contribution is 7.80. The fourth-order valence-corrected chi connectivity index (χ4v) is 2.14. The Kier molecular flexibility index (Phi) is 5.12. The standard InChI is InChI=1S/C15H20N4S/c1-3-19-14(9-10-17-19)12-18(2)15(20)16-11-13-7-5-4-6-8-13/h4-10H,3,11-12H2,1-2H3,(H,16,20). The Morgan fingerprint density at radius 2 is 2.05 bits per heavy atom. The van der Waals surface area contributed by atoms with Crippen LogP contribution in [-0.4, -0.2) is 26.8 Å². The molecule has 5 heteroatoms. The van der Waals surface area contributed by atoms with Crippen LogP contribution in [0, 0.1) is 0 Å². The first kappa shape index (κ1) is 14.5. The van der Waals surface area contributed by atoms with Crippen molar-refractivity contribution in [3.63, 3.8) is 0 Å². The quantitative estimate of drug-likeness (QED) is 0.857. The Morgan fingerprint density at radius 1 is 1.30 bits per heavy atom. The minimum Gasteiger partial charge on any atom is -0.358 e. The molecule has 0 fully saturated rings. The molecule has 0 saturated heterocycles. The lowest BCUT2D eigenvalue weighted by molar-refractivity contribution is 0.457. The predicted molar refractivity (Wildman–Crippen MR) is 85.2 cm³/mol. The normalized spacial score (nSPS) is 10.3. The van der Waals surface area contributed by atoms with Crippen molar-refractivity contribution in [3.8, 4) is 0 Å². The molecule has 1 heterocycles. The Bertz CT molecular complexity index is 550. The van der Waals surface area contributed by atoms with Crippen LogP contribution in [0.4, 0.5) is 0 Å². The largest absolute Gasteiger partial charge is 0.358 e. The van der Waals surface area contributed by atoms with E-state index in [2.05, 4.69) is 29.5 Å². The lowest BCUT2D eigenvalue weighted by Crippen LogP contribution is -2.36. The summed E-state index contributed by atoms with van der Waals surface area (Å²) in [4.78, 5) is 2.03. The van der Waals surface area contributed by atoms with E-state index < -0.39 is 0 Å². The average Bonchev–Trinajstić information content (AvgIpc) is 2.93. The van der Waals surface area contributed by atoms with Gasteiger partial charge in [-0.1, -0.05) is 30.3 Å². The van der Waals surface area contributed by atoms with Crippen LogP contribution >= 0.6 is 12.2 Å². The zero-order valence-corrected chi connectivity index (χ0v) is 12.7. The van der Waals surface area contributed by atoms with Crippen molar-refractivity contribution < 1.29 is 0 Å². The number of aryl methyl sites for hydroxylation is 1. The maximum absolute atomic E-state index is 5.41. The van der Waals surface area contributed by atoms with Gasteiger partial charge >= 0.3 is 0 Å². The molecule has 1 N–H and O–H groups in total. The first-order valence-electron chi connectivity index (χ1n) is 6.74. The third-order valence-electron chi connectivity index (χ3n) is 3.14. The van der Waals surface area contributed by atoms with E-state index in [9.17, 15) is 0 Å². The summed E-state index contributed by atoms with van der Waals surface area (Å²) in [6.45, 7) is 4.47. The van der Waals surface area contributed by atoms with Crippen molar-refractivity contribution in [1.29, 1.82) is 0 Å². The summed E-state index contributed by atoms with van der Waals surface area (Å²) < 4.78 is 1.98. The van der Waals surface area contributed by atoms with Gasteiger partial charge in [0.1, 0.15) is 0 Å². The van der Waals surface area contributed by atoms with Crippen LogP contribution in [-0.2, 0) is 19.6 Å². The van der Waals surface area contributed by atoms with Crippen molar-refractivity contribution >= 4 is 17.3 Å². The molecule has 2 rings (SSSR count). The van der Waals surface area contributed by atoms with Crippen molar-refractivity contribution in [2.24, 2.45) is 0 Å². The van der Waals surface area contributed by atoms with Gasteiger partial charge in [0.15, 0.2) is 5.11 Å². The number of benzene rings is 1. The fraction of sp³-hybridized carbons (Fsp3) is 0.333. The summed E-state index contributed by atoms with van der Waals surface area (Å²) in [5, 5.41) is 8.29. The van der Waals surface area contributed by atoms with Crippen molar-refractivity contribution in [2.45, 2.75) is 26.6 Å². The second-order valence-electron chi connectivity index (χ2n) is 4.64. The van der Waals surface area contributed by atoms with Gasteiger partial charge in [0.05, 0.1) is 12.2 Å². The molecule has 0 aliphatic rings. The van der Waals surface area contributed by atoms with Gasteiger partial charge in [0.25, 0.3) is 0 Å². The van der Waals surface area contributed by atoms with Crippen LogP contribution in [0.2, 0.25) is 0 Å². The number of nitrogens with one attached hydrogen (secondary N) is 1. The van der Waals surface area contributed by atoms with E-state index >= 15 is 0 Å².